The molecule has 1 aromatic rings. The fourth-order valence-corrected chi connectivity index (χ4v) is 1.38. The molecule has 0 radical (unpaired) electrons. The van der Waals surface area contributed by atoms with E-state index in [4.69, 9.17) is 4.74 Å². The maximum absolute atomic E-state index is 11.2. The molecule has 0 aliphatic heterocycles. The predicted octanol–water partition coefficient (Wildman–Crippen LogP) is 0.279. The molecule has 0 N–H and O–H groups in total. The molecule has 0 aliphatic rings. The molecular formula is C7H10N2O3S. The van der Waals surface area contributed by atoms with Crippen LogP contribution in [0.5, 0.6) is 5.75 Å². The molecule has 0 aromatic carbocycles. The standard InChI is InChI=1S/C7H10N2O3S/c1-3-13(10,11)7-8-4-6(12-2)5-9-7/h4-5H,3H2,1-2H3. The van der Waals surface area contributed by atoms with E-state index < -0.39 is 9.84 Å². The third-order valence-corrected chi connectivity index (χ3v) is 3.03. The van der Waals surface area contributed by atoms with E-state index in [0.29, 0.717) is 5.75 Å². The lowest BCUT2D eigenvalue weighted by Gasteiger charge is -2.00. The van der Waals surface area contributed by atoms with Crippen molar-refractivity contribution >= 4 is 9.84 Å². The quantitative estimate of drug-likeness (QED) is 0.658. The van der Waals surface area contributed by atoms with Crippen molar-refractivity contribution in [1.82, 2.24) is 9.97 Å². The highest BCUT2D eigenvalue weighted by Crippen LogP contribution is 2.08. The van der Waals surface area contributed by atoms with Gasteiger partial charge in [0.05, 0.1) is 25.3 Å². The maximum Gasteiger partial charge on any atom is 0.247 e. The lowest BCUT2D eigenvalue weighted by Crippen LogP contribution is -2.08. The van der Waals surface area contributed by atoms with Gasteiger partial charge in [-0.2, -0.15) is 0 Å². The van der Waals surface area contributed by atoms with Crippen molar-refractivity contribution < 1.29 is 13.2 Å². The van der Waals surface area contributed by atoms with E-state index in [9.17, 15) is 8.42 Å². The van der Waals surface area contributed by atoms with Gasteiger partial charge >= 0.3 is 0 Å². The van der Waals surface area contributed by atoms with Gasteiger partial charge < -0.3 is 4.74 Å². The minimum atomic E-state index is -3.30. The number of ether oxygens (including phenoxy) is 1. The van der Waals surface area contributed by atoms with Crippen LogP contribution in [-0.2, 0) is 9.84 Å². The van der Waals surface area contributed by atoms with Crippen molar-refractivity contribution in [2.45, 2.75) is 12.1 Å². The van der Waals surface area contributed by atoms with E-state index in [1.165, 1.54) is 19.5 Å². The molecule has 5 nitrogen and oxygen atoms in total. The molecule has 0 fully saturated rings. The zero-order chi connectivity index (χ0) is 9.90. The molecule has 72 valence electrons. The number of rotatable bonds is 3. The van der Waals surface area contributed by atoms with Crippen LogP contribution in [0.25, 0.3) is 0 Å². The van der Waals surface area contributed by atoms with Gasteiger partial charge in [-0.25, -0.2) is 18.4 Å². The van der Waals surface area contributed by atoms with Gasteiger partial charge in [-0.15, -0.1) is 0 Å². The first-order valence-electron chi connectivity index (χ1n) is 3.69. The molecule has 0 saturated carbocycles. The summed E-state index contributed by atoms with van der Waals surface area (Å²) in [6, 6.07) is 0. The molecular weight excluding hydrogens is 192 g/mol. The van der Waals surface area contributed by atoms with Crippen molar-refractivity contribution in [3.05, 3.63) is 12.4 Å². The maximum atomic E-state index is 11.2. The summed E-state index contributed by atoms with van der Waals surface area (Å²) in [6.07, 6.45) is 2.66. The Kier molecular flexibility index (Phi) is 2.82. The Bertz CT molecular complexity index is 371. The third kappa shape index (κ3) is 2.15. The third-order valence-electron chi connectivity index (χ3n) is 1.50. The Hall–Kier alpha value is -1.17. The minimum Gasteiger partial charge on any atom is -0.494 e. The fraction of sp³-hybridized carbons (Fsp3) is 0.429. The van der Waals surface area contributed by atoms with E-state index in [0.717, 1.165) is 0 Å². The van der Waals surface area contributed by atoms with Gasteiger partial charge in [0.2, 0.25) is 15.0 Å². The van der Waals surface area contributed by atoms with Crippen LogP contribution in [-0.4, -0.2) is 31.2 Å². The Morgan fingerprint density at radius 1 is 1.38 bits per heavy atom. The second kappa shape index (κ2) is 3.69. The molecule has 1 aromatic heterocycles. The lowest BCUT2D eigenvalue weighted by molar-refractivity contribution is 0.408. The van der Waals surface area contributed by atoms with Crippen molar-refractivity contribution in [2.75, 3.05) is 12.9 Å². The van der Waals surface area contributed by atoms with Gasteiger partial charge in [0.25, 0.3) is 0 Å². The molecule has 0 spiro atoms. The summed E-state index contributed by atoms with van der Waals surface area (Å²) >= 11 is 0. The van der Waals surface area contributed by atoms with Crippen LogP contribution in [0.4, 0.5) is 0 Å². The van der Waals surface area contributed by atoms with Gasteiger partial charge in [-0.1, -0.05) is 6.92 Å². The van der Waals surface area contributed by atoms with Gasteiger partial charge in [0, 0.05) is 0 Å². The normalized spacial score (nSPS) is 11.2. The second-order valence-electron chi connectivity index (χ2n) is 2.31. The summed E-state index contributed by atoms with van der Waals surface area (Å²) < 4.78 is 27.3. The second-order valence-corrected chi connectivity index (χ2v) is 4.48. The minimum absolute atomic E-state index is 0.000666. The zero-order valence-electron chi connectivity index (χ0n) is 7.39. The Balaban J connectivity index is 3.06. The Morgan fingerprint density at radius 3 is 2.31 bits per heavy atom. The first-order chi connectivity index (χ1) is 6.10. The smallest absolute Gasteiger partial charge is 0.247 e. The summed E-state index contributed by atoms with van der Waals surface area (Å²) in [5.41, 5.74) is 0. The van der Waals surface area contributed by atoms with E-state index >= 15 is 0 Å². The summed E-state index contributed by atoms with van der Waals surface area (Å²) in [5.74, 6) is 0.439. The van der Waals surface area contributed by atoms with Crippen LogP contribution >= 0.6 is 0 Å². The number of hydrogen-bond acceptors (Lipinski definition) is 5. The van der Waals surface area contributed by atoms with Gasteiger partial charge in [-0.3, -0.25) is 0 Å². The van der Waals surface area contributed by atoms with Crippen molar-refractivity contribution in [3.63, 3.8) is 0 Å². The van der Waals surface area contributed by atoms with Gasteiger partial charge in [-0.05, 0) is 0 Å². The van der Waals surface area contributed by atoms with Gasteiger partial charge in [0.1, 0.15) is 0 Å². The van der Waals surface area contributed by atoms with Crippen LogP contribution in [0.2, 0.25) is 0 Å². The van der Waals surface area contributed by atoms with Crippen molar-refractivity contribution in [1.29, 1.82) is 0 Å². The number of nitrogens with zero attached hydrogens (tertiary/aromatic N) is 2. The lowest BCUT2D eigenvalue weighted by atomic mass is 10.6. The van der Waals surface area contributed by atoms with E-state index in [1.54, 1.807) is 6.92 Å². The van der Waals surface area contributed by atoms with Gasteiger partial charge in [0.15, 0.2) is 5.75 Å². The van der Waals surface area contributed by atoms with Crippen LogP contribution in [0.1, 0.15) is 6.92 Å². The molecule has 0 amide bonds. The van der Waals surface area contributed by atoms with Crippen LogP contribution < -0.4 is 4.74 Å². The molecule has 1 rings (SSSR count). The number of sulfone groups is 1. The molecule has 1 heterocycles. The first kappa shape index (κ1) is 9.91. The average Bonchev–Trinajstić information content (AvgIpc) is 2.18. The molecule has 13 heavy (non-hydrogen) atoms. The van der Waals surface area contributed by atoms with Crippen LogP contribution in [0.15, 0.2) is 17.6 Å². The number of aromatic nitrogens is 2. The summed E-state index contributed by atoms with van der Waals surface area (Å²) in [6.45, 7) is 1.54. The highest BCUT2D eigenvalue weighted by molar-refractivity contribution is 7.91. The fourth-order valence-electron chi connectivity index (χ4n) is 0.699. The van der Waals surface area contributed by atoms with E-state index in [-0.39, 0.29) is 10.9 Å². The highest BCUT2D eigenvalue weighted by atomic mass is 32.2. The van der Waals surface area contributed by atoms with E-state index in [2.05, 4.69) is 9.97 Å². The van der Waals surface area contributed by atoms with Crippen LogP contribution in [0, 0.1) is 0 Å². The number of hydrogen-bond donors (Lipinski definition) is 0. The summed E-state index contributed by atoms with van der Waals surface area (Å²) in [4.78, 5) is 7.34. The Morgan fingerprint density at radius 2 is 1.92 bits per heavy atom. The zero-order valence-corrected chi connectivity index (χ0v) is 8.21. The van der Waals surface area contributed by atoms with Crippen molar-refractivity contribution in [2.24, 2.45) is 0 Å². The van der Waals surface area contributed by atoms with Crippen molar-refractivity contribution in [3.8, 4) is 5.75 Å². The highest BCUT2D eigenvalue weighted by Gasteiger charge is 2.14. The molecule has 0 atom stereocenters. The molecule has 0 aliphatic carbocycles. The molecule has 0 saturated heterocycles. The topological polar surface area (TPSA) is 69.2 Å². The molecule has 0 unspecified atom stereocenters. The molecule has 0 bridgehead atoms. The summed E-state index contributed by atoms with van der Waals surface area (Å²) in [7, 11) is -1.84. The van der Waals surface area contributed by atoms with E-state index in [1.807, 2.05) is 0 Å². The number of methoxy groups -OCH3 is 1. The van der Waals surface area contributed by atoms with Crippen LogP contribution in [0.3, 0.4) is 0 Å². The average molecular weight is 202 g/mol. The first-order valence-corrected chi connectivity index (χ1v) is 5.34. The summed E-state index contributed by atoms with van der Waals surface area (Å²) in [5, 5.41) is -0.157. The SMILES string of the molecule is CCS(=O)(=O)c1ncc(OC)cn1. The predicted molar refractivity (Wildman–Crippen MR) is 46.3 cm³/mol. The largest absolute Gasteiger partial charge is 0.494 e. The molecule has 6 heteroatoms. The monoisotopic (exact) mass is 202 g/mol. The Labute approximate surface area is 76.7 Å².